The Morgan fingerprint density at radius 3 is 2.61 bits per heavy atom. The number of anilines is 1. The van der Waals surface area contributed by atoms with Crippen LogP contribution in [-0.4, -0.2) is 33.1 Å². The van der Waals surface area contributed by atoms with Crippen molar-refractivity contribution in [3.63, 3.8) is 0 Å². The van der Waals surface area contributed by atoms with Crippen LogP contribution in [0.2, 0.25) is 0 Å². The minimum absolute atomic E-state index is 0.145. The van der Waals surface area contributed by atoms with E-state index in [1.165, 1.54) is 13.8 Å². The topological polar surface area (TPSA) is 111 Å². The van der Waals surface area contributed by atoms with E-state index in [2.05, 4.69) is 5.32 Å². The monoisotopic (exact) mass is 447 g/mol. The van der Waals surface area contributed by atoms with Crippen LogP contribution in [0.1, 0.15) is 38.6 Å². The van der Waals surface area contributed by atoms with Crippen molar-refractivity contribution in [1.82, 2.24) is 9.55 Å². The zero-order chi connectivity index (χ0) is 23.8. The molecule has 0 saturated heterocycles. The number of amides is 1. The minimum atomic E-state index is -1.59. The highest BCUT2D eigenvalue weighted by atomic mass is 16.5. The zero-order valence-electron chi connectivity index (χ0n) is 18.7. The van der Waals surface area contributed by atoms with E-state index in [9.17, 15) is 19.5 Å². The SMILES string of the molecule is CCOc1ccc(/C=C2\CCn3c2nc2cc(NC(=O)C(C)(C)C(=O)O)ccc2c3=O)cc1. The average molecular weight is 447 g/mol. The summed E-state index contributed by atoms with van der Waals surface area (Å²) in [6, 6.07) is 12.5. The molecule has 0 radical (unpaired) electrons. The molecule has 3 aromatic rings. The highest BCUT2D eigenvalue weighted by Gasteiger charge is 2.36. The van der Waals surface area contributed by atoms with Gasteiger partial charge in [0, 0.05) is 12.2 Å². The number of nitrogens with zero attached hydrogens (tertiary/aromatic N) is 2. The number of carboxylic acid groups (broad SMARTS) is 1. The summed E-state index contributed by atoms with van der Waals surface area (Å²) in [5, 5.41) is 12.3. The normalized spacial score (nSPS) is 14.3. The fourth-order valence-electron chi connectivity index (χ4n) is 3.64. The largest absolute Gasteiger partial charge is 0.494 e. The molecule has 2 heterocycles. The van der Waals surface area contributed by atoms with E-state index in [1.54, 1.807) is 22.8 Å². The standard InChI is InChI=1S/C25H25N3O5/c1-4-33-18-8-5-15(6-9-18)13-16-11-12-28-21(16)27-20-14-17(7-10-19(20)22(28)29)26-23(30)25(2,3)24(31)32/h5-10,13-14H,4,11-12H2,1-3H3,(H,26,30)(H,31,32)/b16-13+. The molecule has 1 aromatic heterocycles. The van der Waals surface area contributed by atoms with Gasteiger partial charge in [0.25, 0.3) is 5.56 Å². The molecule has 8 nitrogen and oxygen atoms in total. The van der Waals surface area contributed by atoms with Gasteiger partial charge in [-0.3, -0.25) is 19.0 Å². The number of carbonyl (C=O) groups is 2. The number of carbonyl (C=O) groups excluding carboxylic acids is 1. The maximum absolute atomic E-state index is 13.0. The third kappa shape index (κ3) is 4.24. The fraction of sp³-hybridized carbons (Fsp3) is 0.280. The lowest BCUT2D eigenvalue weighted by Gasteiger charge is -2.18. The van der Waals surface area contributed by atoms with Gasteiger partial charge in [-0.2, -0.15) is 0 Å². The number of fused-ring (bicyclic) bond motifs is 2. The predicted octanol–water partition coefficient (Wildman–Crippen LogP) is 3.79. The summed E-state index contributed by atoms with van der Waals surface area (Å²) in [5.41, 5.74) is 1.01. The van der Waals surface area contributed by atoms with E-state index >= 15 is 0 Å². The van der Waals surface area contributed by atoms with Gasteiger partial charge in [-0.15, -0.1) is 0 Å². The van der Waals surface area contributed by atoms with Gasteiger partial charge in [-0.25, -0.2) is 4.98 Å². The Hall–Kier alpha value is -3.94. The second-order valence-electron chi connectivity index (χ2n) is 8.43. The molecule has 170 valence electrons. The summed E-state index contributed by atoms with van der Waals surface area (Å²) in [5.74, 6) is -0.481. The molecule has 0 atom stereocenters. The van der Waals surface area contributed by atoms with Crippen LogP contribution < -0.4 is 15.6 Å². The molecule has 0 bridgehead atoms. The Balaban J connectivity index is 1.69. The molecule has 2 N–H and O–H groups in total. The lowest BCUT2D eigenvalue weighted by molar-refractivity contribution is -0.151. The molecule has 0 saturated carbocycles. The van der Waals surface area contributed by atoms with Crippen LogP contribution in [0.5, 0.6) is 5.75 Å². The lowest BCUT2D eigenvalue weighted by atomic mass is 9.92. The molecule has 0 fully saturated rings. The van der Waals surface area contributed by atoms with Crippen molar-refractivity contribution in [2.75, 3.05) is 11.9 Å². The Kier molecular flexibility index (Phi) is 5.76. The number of nitrogens with one attached hydrogen (secondary N) is 1. The van der Waals surface area contributed by atoms with Gasteiger partial charge in [-0.1, -0.05) is 12.1 Å². The van der Waals surface area contributed by atoms with Crippen molar-refractivity contribution < 1.29 is 19.4 Å². The first-order valence-corrected chi connectivity index (χ1v) is 10.7. The second kappa shape index (κ2) is 8.54. The number of hydrogen-bond donors (Lipinski definition) is 2. The van der Waals surface area contributed by atoms with Crippen molar-refractivity contribution in [3.8, 4) is 5.75 Å². The summed E-state index contributed by atoms with van der Waals surface area (Å²) in [6.07, 6.45) is 2.69. The van der Waals surface area contributed by atoms with Crippen molar-refractivity contribution >= 4 is 40.1 Å². The van der Waals surface area contributed by atoms with Gasteiger partial charge in [0.05, 0.1) is 17.5 Å². The fourth-order valence-corrected chi connectivity index (χ4v) is 3.64. The van der Waals surface area contributed by atoms with Gasteiger partial charge in [0.2, 0.25) is 5.91 Å². The third-order valence-corrected chi connectivity index (χ3v) is 5.74. The number of hydrogen-bond acceptors (Lipinski definition) is 5. The van der Waals surface area contributed by atoms with E-state index in [1.807, 2.05) is 37.3 Å². The molecule has 2 aromatic carbocycles. The molecule has 0 aliphatic carbocycles. The van der Waals surface area contributed by atoms with Gasteiger partial charge >= 0.3 is 5.97 Å². The first-order valence-electron chi connectivity index (χ1n) is 10.7. The van der Waals surface area contributed by atoms with Crippen molar-refractivity contribution in [2.24, 2.45) is 5.41 Å². The number of ether oxygens (including phenoxy) is 1. The predicted molar refractivity (Wildman–Crippen MR) is 126 cm³/mol. The summed E-state index contributed by atoms with van der Waals surface area (Å²) in [6.45, 7) is 5.75. The molecule has 33 heavy (non-hydrogen) atoms. The van der Waals surface area contributed by atoms with Gasteiger partial charge in [0.1, 0.15) is 17.0 Å². The van der Waals surface area contributed by atoms with Crippen molar-refractivity contribution in [1.29, 1.82) is 0 Å². The summed E-state index contributed by atoms with van der Waals surface area (Å²) in [7, 11) is 0. The molecular formula is C25H25N3O5. The van der Waals surface area contributed by atoms with Crippen LogP contribution in [0, 0.1) is 5.41 Å². The van der Waals surface area contributed by atoms with Crippen LogP contribution in [0.25, 0.3) is 22.6 Å². The van der Waals surface area contributed by atoms with Gasteiger partial charge in [0.15, 0.2) is 0 Å². The molecule has 1 aliphatic heterocycles. The first kappa shape index (κ1) is 22.3. The Morgan fingerprint density at radius 2 is 1.94 bits per heavy atom. The number of aliphatic carboxylic acids is 1. The van der Waals surface area contributed by atoms with Gasteiger partial charge < -0.3 is 15.2 Å². The molecule has 0 spiro atoms. The third-order valence-electron chi connectivity index (χ3n) is 5.74. The quantitative estimate of drug-likeness (QED) is 0.556. The summed E-state index contributed by atoms with van der Waals surface area (Å²) >= 11 is 0. The van der Waals surface area contributed by atoms with E-state index in [-0.39, 0.29) is 5.56 Å². The lowest BCUT2D eigenvalue weighted by Crippen LogP contribution is -2.37. The van der Waals surface area contributed by atoms with E-state index in [0.29, 0.717) is 42.0 Å². The highest BCUT2D eigenvalue weighted by molar-refractivity contribution is 6.08. The van der Waals surface area contributed by atoms with Crippen LogP contribution >= 0.6 is 0 Å². The van der Waals surface area contributed by atoms with E-state index in [0.717, 1.165) is 16.9 Å². The molecule has 8 heteroatoms. The maximum atomic E-state index is 13.0. The van der Waals surface area contributed by atoms with Crippen LogP contribution in [0.3, 0.4) is 0 Å². The number of benzene rings is 2. The van der Waals surface area contributed by atoms with Gasteiger partial charge in [-0.05, 0) is 74.7 Å². The summed E-state index contributed by atoms with van der Waals surface area (Å²) < 4.78 is 7.14. The minimum Gasteiger partial charge on any atom is -0.494 e. The number of allylic oxidation sites excluding steroid dienone is 1. The van der Waals surface area contributed by atoms with E-state index in [4.69, 9.17) is 9.72 Å². The first-order chi connectivity index (χ1) is 15.7. The highest BCUT2D eigenvalue weighted by Crippen LogP contribution is 2.29. The molecule has 0 unspecified atom stereocenters. The number of rotatable bonds is 6. The molecule has 4 rings (SSSR count). The Bertz CT molecular complexity index is 1340. The smallest absolute Gasteiger partial charge is 0.318 e. The summed E-state index contributed by atoms with van der Waals surface area (Å²) in [4.78, 5) is 41.5. The van der Waals surface area contributed by atoms with E-state index < -0.39 is 17.3 Å². The molecular weight excluding hydrogens is 422 g/mol. The molecule has 1 aliphatic rings. The van der Waals surface area contributed by atoms with Crippen molar-refractivity contribution in [3.05, 3.63) is 64.2 Å². The van der Waals surface area contributed by atoms with Crippen LogP contribution in [0.4, 0.5) is 5.69 Å². The second-order valence-corrected chi connectivity index (χ2v) is 8.43. The number of aromatic nitrogens is 2. The molecule has 1 amide bonds. The zero-order valence-corrected chi connectivity index (χ0v) is 18.7. The number of carboxylic acids is 1. The van der Waals surface area contributed by atoms with Crippen LogP contribution in [0.15, 0.2) is 47.3 Å². The van der Waals surface area contributed by atoms with Crippen LogP contribution in [-0.2, 0) is 16.1 Å². The Labute approximate surface area is 190 Å². The average Bonchev–Trinajstić information content (AvgIpc) is 3.18. The van der Waals surface area contributed by atoms with Crippen molar-refractivity contribution in [2.45, 2.75) is 33.7 Å². The Morgan fingerprint density at radius 1 is 1.21 bits per heavy atom. The maximum Gasteiger partial charge on any atom is 0.318 e.